The fraction of sp³-hybridized carbons (Fsp3) is 0.476. The second kappa shape index (κ2) is 10.7. The number of carbonyl (C=O) groups is 4. The van der Waals surface area contributed by atoms with Crippen molar-refractivity contribution in [3.8, 4) is 0 Å². The van der Waals surface area contributed by atoms with Crippen LogP contribution in [0, 0.1) is 0 Å². The number of carbonyl (C=O) groups excluding carboxylic acids is 4. The van der Waals surface area contributed by atoms with Crippen molar-refractivity contribution in [3.63, 3.8) is 0 Å². The normalized spacial score (nSPS) is 23.0. The molecule has 0 saturated carbocycles. The zero-order valence-electron chi connectivity index (χ0n) is 18.4. The lowest BCUT2D eigenvalue weighted by Gasteiger charge is -2.27. The number of benzene rings is 1. The first kappa shape index (κ1) is 24.5. The molecule has 12 heteroatoms. The molecule has 1 aliphatic heterocycles. The summed E-state index contributed by atoms with van der Waals surface area (Å²) in [4.78, 5) is 54.3. The SMILES string of the molecule is CC(=O)OC[C@@H](OC(C)=O)[C@@H]1O[C@@H](Sc2nc3ccccc3[nH]2)[C@H](OC(C)=O)[C@H]1OC(C)=O. The van der Waals surface area contributed by atoms with Crippen molar-refractivity contribution in [2.24, 2.45) is 0 Å². The topological polar surface area (TPSA) is 143 Å². The molecular weight excluding hydrogens is 456 g/mol. The highest BCUT2D eigenvalue weighted by Crippen LogP contribution is 2.38. The molecule has 3 rings (SSSR count). The molecule has 1 aromatic carbocycles. The smallest absolute Gasteiger partial charge is 0.303 e. The first-order valence-corrected chi connectivity index (χ1v) is 10.9. The quantitative estimate of drug-likeness (QED) is 0.436. The minimum atomic E-state index is -1.13. The lowest BCUT2D eigenvalue weighted by Crippen LogP contribution is -2.46. The molecule has 1 aliphatic rings. The summed E-state index contributed by atoms with van der Waals surface area (Å²) in [6, 6.07) is 7.38. The molecule has 5 atom stereocenters. The molecule has 0 radical (unpaired) electrons. The van der Waals surface area contributed by atoms with Gasteiger partial charge in [-0.2, -0.15) is 0 Å². The Hall–Kier alpha value is -3.12. The molecule has 178 valence electrons. The van der Waals surface area contributed by atoms with Crippen LogP contribution >= 0.6 is 11.8 Å². The number of nitrogens with zero attached hydrogens (tertiary/aromatic N) is 1. The first-order chi connectivity index (χ1) is 15.6. The van der Waals surface area contributed by atoms with Gasteiger partial charge in [0.25, 0.3) is 0 Å². The molecule has 1 saturated heterocycles. The van der Waals surface area contributed by atoms with Crippen LogP contribution in [0.2, 0.25) is 0 Å². The zero-order chi connectivity index (χ0) is 24.1. The van der Waals surface area contributed by atoms with Crippen LogP contribution in [0.15, 0.2) is 29.4 Å². The van der Waals surface area contributed by atoms with Crippen molar-refractivity contribution in [1.82, 2.24) is 9.97 Å². The third kappa shape index (κ3) is 6.45. The number of nitrogens with one attached hydrogen (secondary N) is 1. The van der Waals surface area contributed by atoms with Crippen molar-refractivity contribution < 1.29 is 42.9 Å². The summed E-state index contributed by atoms with van der Waals surface area (Å²) in [6.07, 6.45) is -4.38. The van der Waals surface area contributed by atoms with Gasteiger partial charge in [0.05, 0.1) is 11.0 Å². The number of fused-ring (bicyclic) bond motifs is 1. The number of ether oxygens (including phenoxy) is 5. The van der Waals surface area contributed by atoms with E-state index in [1.807, 2.05) is 24.3 Å². The highest BCUT2D eigenvalue weighted by molar-refractivity contribution is 7.99. The van der Waals surface area contributed by atoms with Crippen molar-refractivity contribution in [2.75, 3.05) is 6.61 Å². The molecule has 2 aromatic rings. The van der Waals surface area contributed by atoms with Gasteiger partial charge in [0.1, 0.15) is 12.7 Å². The number of rotatable bonds is 8. The van der Waals surface area contributed by atoms with Crippen molar-refractivity contribution in [2.45, 2.75) is 62.7 Å². The van der Waals surface area contributed by atoms with Gasteiger partial charge in [-0.15, -0.1) is 0 Å². The number of esters is 4. The van der Waals surface area contributed by atoms with Gasteiger partial charge in [-0.1, -0.05) is 23.9 Å². The number of aromatic amines is 1. The molecule has 11 nitrogen and oxygen atoms in total. The van der Waals surface area contributed by atoms with Crippen molar-refractivity contribution in [1.29, 1.82) is 0 Å². The number of aromatic nitrogens is 2. The molecule has 0 unspecified atom stereocenters. The van der Waals surface area contributed by atoms with Crippen LogP contribution in [-0.2, 0) is 42.9 Å². The summed E-state index contributed by atoms with van der Waals surface area (Å²) in [7, 11) is 0. The second-order valence-electron chi connectivity index (χ2n) is 7.24. The maximum atomic E-state index is 11.8. The van der Waals surface area contributed by atoms with E-state index in [1.165, 1.54) is 27.7 Å². The Bertz CT molecular complexity index is 1010. The largest absolute Gasteiger partial charge is 0.462 e. The third-order valence-electron chi connectivity index (χ3n) is 4.54. The van der Waals surface area contributed by atoms with Gasteiger partial charge in [0.2, 0.25) is 0 Å². The Kier molecular flexibility index (Phi) is 7.92. The Morgan fingerprint density at radius 2 is 1.67 bits per heavy atom. The molecule has 0 bridgehead atoms. The van der Waals surface area contributed by atoms with Crippen LogP contribution in [0.25, 0.3) is 11.0 Å². The summed E-state index contributed by atoms with van der Waals surface area (Å²) in [5, 5.41) is 0.476. The number of H-pyrrole nitrogens is 1. The average Bonchev–Trinajstić information content (AvgIpc) is 3.26. The van der Waals surface area contributed by atoms with Crippen molar-refractivity contribution >= 4 is 46.7 Å². The molecule has 0 amide bonds. The maximum absolute atomic E-state index is 11.8. The van der Waals surface area contributed by atoms with Gasteiger partial charge in [-0.25, -0.2) is 4.98 Å². The standard InChI is InChI=1S/C21H24N2O9S/c1-10(24)28-9-16(29-11(2)25)17-18(30-12(3)26)19(31-13(4)27)20(32-17)33-21-22-14-7-5-6-8-15(14)23-21/h5-8,16-20H,9H2,1-4H3,(H,22,23)/t16-,17+,18+,19-,20+/m1/s1. The van der Waals surface area contributed by atoms with E-state index in [4.69, 9.17) is 23.7 Å². The minimum absolute atomic E-state index is 0.341. The summed E-state index contributed by atoms with van der Waals surface area (Å²) < 4.78 is 27.2. The number of hydrogen-bond acceptors (Lipinski definition) is 11. The molecule has 33 heavy (non-hydrogen) atoms. The minimum Gasteiger partial charge on any atom is -0.462 e. The van der Waals surface area contributed by atoms with Crippen LogP contribution in [0.5, 0.6) is 0 Å². The van der Waals surface area contributed by atoms with Crippen LogP contribution < -0.4 is 0 Å². The van der Waals surface area contributed by atoms with Crippen LogP contribution in [0.3, 0.4) is 0 Å². The van der Waals surface area contributed by atoms with E-state index in [-0.39, 0.29) is 6.61 Å². The van der Waals surface area contributed by atoms with Gasteiger partial charge in [0.15, 0.2) is 28.9 Å². The monoisotopic (exact) mass is 480 g/mol. The maximum Gasteiger partial charge on any atom is 0.303 e. The zero-order valence-corrected chi connectivity index (χ0v) is 19.2. The first-order valence-electron chi connectivity index (χ1n) is 10.1. The van der Waals surface area contributed by atoms with E-state index in [9.17, 15) is 19.2 Å². The van der Waals surface area contributed by atoms with E-state index < -0.39 is 53.7 Å². The third-order valence-corrected chi connectivity index (χ3v) is 5.57. The van der Waals surface area contributed by atoms with Gasteiger partial charge in [0, 0.05) is 27.7 Å². The van der Waals surface area contributed by atoms with Gasteiger partial charge < -0.3 is 28.7 Å². The van der Waals surface area contributed by atoms with E-state index in [2.05, 4.69) is 9.97 Å². The van der Waals surface area contributed by atoms with Crippen LogP contribution in [-0.4, -0.2) is 70.3 Å². The fourth-order valence-corrected chi connectivity index (χ4v) is 4.46. The molecule has 1 fully saturated rings. The van der Waals surface area contributed by atoms with Gasteiger partial charge in [-0.3, -0.25) is 19.2 Å². The second-order valence-corrected chi connectivity index (χ2v) is 8.33. The Labute approximate surface area is 193 Å². The predicted octanol–water partition coefficient (Wildman–Crippen LogP) is 1.74. The molecule has 1 aromatic heterocycles. The van der Waals surface area contributed by atoms with Gasteiger partial charge >= 0.3 is 23.9 Å². The number of para-hydroxylation sites is 2. The number of hydrogen-bond donors (Lipinski definition) is 1. The molecule has 2 heterocycles. The number of thioether (sulfide) groups is 1. The summed E-state index contributed by atoms with van der Waals surface area (Å²) in [5.74, 6) is -2.54. The van der Waals surface area contributed by atoms with E-state index >= 15 is 0 Å². The van der Waals surface area contributed by atoms with Gasteiger partial charge in [-0.05, 0) is 12.1 Å². The highest BCUT2D eigenvalue weighted by atomic mass is 32.2. The Balaban J connectivity index is 1.92. The fourth-order valence-electron chi connectivity index (χ4n) is 3.39. The number of imidazole rings is 1. The molecular formula is C21H24N2O9S. The lowest BCUT2D eigenvalue weighted by atomic mass is 10.1. The van der Waals surface area contributed by atoms with Crippen LogP contribution in [0.1, 0.15) is 27.7 Å². The predicted molar refractivity (Wildman–Crippen MR) is 114 cm³/mol. The van der Waals surface area contributed by atoms with E-state index in [1.54, 1.807) is 0 Å². The van der Waals surface area contributed by atoms with E-state index in [0.717, 1.165) is 22.8 Å². The molecule has 0 aliphatic carbocycles. The summed E-state index contributed by atoms with van der Waals surface area (Å²) in [6.45, 7) is 4.44. The van der Waals surface area contributed by atoms with Crippen molar-refractivity contribution in [3.05, 3.63) is 24.3 Å². The Morgan fingerprint density at radius 3 is 2.27 bits per heavy atom. The average molecular weight is 480 g/mol. The van der Waals surface area contributed by atoms with Crippen LogP contribution in [0.4, 0.5) is 0 Å². The summed E-state index contributed by atoms with van der Waals surface area (Å²) in [5.41, 5.74) is 0.643. The summed E-state index contributed by atoms with van der Waals surface area (Å²) >= 11 is 1.12. The Morgan fingerprint density at radius 1 is 1.00 bits per heavy atom. The molecule has 1 N–H and O–H groups in total. The highest BCUT2D eigenvalue weighted by Gasteiger charge is 2.54. The lowest BCUT2D eigenvalue weighted by molar-refractivity contribution is -0.176. The molecule has 0 spiro atoms. The van der Waals surface area contributed by atoms with E-state index in [0.29, 0.717) is 5.16 Å².